The fraction of sp³-hybridized carbons (Fsp3) is 0.250. The standard InChI is InChI=1S/C24H26N6O3/c1-4-33-19-11-15(9-10-18(19)31)13-27-30-22(25)20(24(32)26-12-14(2)3)21-23(30)29-17-8-6-5-7-16(17)28-21/h5-11,13-14,31H,4,12,25H2,1-3H3,(H,26,32). The number of benzene rings is 2. The van der Waals surface area contributed by atoms with Crippen molar-refractivity contribution in [1.82, 2.24) is 20.0 Å². The smallest absolute Gasteiger partial charge is 0.257 e. The van der Waals surface area contributed by atoms with Gasteiger partial charge in [0.25, 0.3) is 5.91 Å². The van der Waals surface area contributed by atoms with Gasteiger partial charge in [0.1, 0.15) is 16.9 Å². The highest BCUT2D eigenvalue weighted by atomic mass is 16.5. The summed E-state index contributed by atoms with van der Waals surface area (Å²) in [6.07, 6.45) is 1.56. The number of amides is 1. The minimum absolute atomic E-state index is 0.0429. The van der Waals surface area contributed by atoms with Crippen LogP contribution in [0.3, 0.4) is 0 Å². The van der Waals surface area contributed by atoms with Crippen LogP contribution in [0.1, 0.15) is 36.7 Å². The van der Waals surface area contributed by atoms with Gasteiger partial charge >= 0.3 is 0 Å². The van der Waals surface area contributed by atoms with E-state index >= 15 is 0 Å². The lowest BCUT2D eigenvalue weighted by molar-refractivity contribution is 0.0951. The van der Waals surface area contributed by atoms with E-state index in [2.05, 4.69) is 20.4 Å². The number of anilines is 1. The van der Waals surface area contributed by atoms with Gasteiger partial charge in [-0.05, 0) is 48.7 Å². The number of phenols is 1. The molecule has 0 bridgehead atoms. The molecule has 33 heavy (non-hydrogen) atoms. The van der Waals surface area contributed by atoms with E-state index in [1.807, 2.05) is 45.0 Å². The van der Waals surface area contributed by atoms with Crippen LogP contribution in [0.15, 0.2) is 47.6 Å². The number of hydrogen-bond acceptors (Lipinski definition) is 7. The third kappa shape index (κ3) is 4.43. The highest BCUT2D eigenvalue weighted by molar-refractivity contribution is 6.10. The predicted molar refractivity (Wildman–Crippen MR) is 129 cm³/mol. The van der Waals surface area contributed by atoms with Crippen LogP contribution in [0.2, 0.25) is 0 Å². The number of fused-ring (bicyclic) bond motifs is 2. The van der Waals surface area contributed by atoms with Crippen molar-refractivity contribution in [3.63, 3.8) is 0 Å². The Kier molecular flexibility index (Phi) is 6.12. The Morgan fingerprint density at radius 1 is 1.24 bits per heavy atom. The highest BCUT2D eigenvalue weighted by Gasteiger charge is 2.24. The van der Waals surface area contributed by atoms with Gasteiger partial charge in [0.15, 0.2) is 17.1 Å². The maximum atomic E-state index is 13.0. The molecule has 2 aromatic heterocycles. The highest BCUT2D eigenvalue weighted by Crippen LogP contribution is 2.29. The van der Waals surface area contributed by atoms with E-state index in [0.717, 1.165) is 0 Å². The van der Waals surface area contributed by atoms with Crippen molar-refractivity contribution in [3.8, 4) is 11.5 Å². The van der Waals surface area contributed by atoms with Gasteiger partial charge < -0.3 is 20.9 Å². The predicted octanol–water partition coefficient (Wildman–Crippen LogP) is 3.54. The molecular weight excluding hydrogens is 420 g/mol. The van der Waals surface area contributed by atoms with E-state index < -0.39 is 0 Å². The number of carbonyl (C=O) groups is 1. The molecule has 0 radical (unpaired) electrons. The molecule has 0 fully saturated rings. The van der Waals surface area contributed by atoms with Crippen LogP contribution < -0.4 is 15.8 Å². The Bertz CT molecular complexity index is 1360. The third-order valence-electron chi connectivity index (χ3n) is 4.98. The lowest BCUT2D eigenvalue weighted by atomic mass is 10.2. The molecule has 4 N–H and O–H groups in total. The monoisotopic (exact) mass is 446 g/mol. The number of aromatic hydroxyl groups is 1. The minimum atomic E-state index is -0.326. The van der Waals surface area contributed by atoms with Gasteiger partial charge in [-0.15, -0.1) is 0 Å². The number of carbonyl (C=O) groups excluding carboxylic acids is 1. The normalized spacial score (nSPS) is 11.6. The molecule has 0 unspecified atom stereocenters. The summed E-state index contributed by atoms with van der Waals surface area (Å²) in [7, 11) is 0. The summed E-state index contributed by atoms with van der Waals surface area (Å²) in [6.45, 7) is 6.78. The maximum absolute atomic E-state index is 13.0. The molecule has 0 atom stereocenters. The van der Waals surface area contributed by atoms with E-state index in [0.29, 0.717) is 46.7 Å². The van der Waals surface area contributed by atoms with Gasteiger partial charge in [-0.3, -0.25) is 4.79 Å². The van der Waals surface area contributed by atoms with Gasteiger partial charge in [-0.25, -0.2) is 9.97 Å². The summed E-state index contributed by atoms with van der Waals surface area (Å²) >= 11 is 0. The SMILES string of the molecule is CCOc1cc(C=Nn2c(N)c(C(=O)NCC(C)C)c3nc4ccccc4nc32)ccc1O. The summed E-state index contributed by atoms with van der Waals surface area (Å²) in [5.74, 6) is 0.491. The zero-order valence-electron chi connectivity index (χ0n) is 18.7. The van der Waals surface area contributed by atoms with Crippen LogP contribution in [0, 0.1) is 5.92 Å². The number of nitrogen functional groups attached to an aromatic ring is 1. The first-order valence-corrected chi connectivity index (χ1v) is 10.7. The van der Waals surface area contributed by atoms with Crippen LogP contribution in [0.25, 0.3) is 22.2 Å². The Balaban J connectivity index is 1.84. The first-order chi connectivity index (χ1) is 15.9. The zero-order valence-corrected chi connectivity index (χ0v) is 18.7. The fourth-order valence-corrected chi connectivity index (χ4v) is 3.38. The molecule has 4 aromatic rings. The van der Waals surface area contributed by atoms with E-state index in [1.54, 1.807) is 18.3 Å². The fourth-order valence-electron chi connectivity index (χ4n) is 3.38. The lowest BCUT2D eigenvalue weighted by Crippen LogP contribution is -2.28. The van der Waals surface area contributed by atoms with Crippen molar-refractivity contribution in [1.29, 1.82) is 0 Å². The van der Waals surface area contributed by atoms with Crippen LogP contribution in [0.4, 0.5) is 5.82 Å². The lowest BCUT2D eigenvalue weighted by Gasteiger charge is -2.07. The van der Waals surface area contributed by atoms with Crippen molar-refractivity contribution in [3.05, 3.63) is 53.6 Å². The van der Waals surface area contributed by atoms with Gasteiger partial charge in [-0.1, -0.05) is 26.0 Å². The average Bonchev–Trinajstić information content (AvgIpc) is 3.06. The number of para-hydroxylation sites is 2. The largest absolute Gasteiger partial charge is 0.504 e. The van der Waals surface area contributed by atoms with Crippen molar-refractivity contribution in [2.75, 3.05) is 18.9 Å². The number of aromatic nitrogens is 3. The zero-order chi connectivity index (χ0) is 23.5. The van der Waals surface area contributed by atoms with Crippen LogP contribution >= 0.6 is 0 Å². The van der Waals surface area contributed by atoms with E-state index in [9.17, 15) is 9.90 Å². The van der Waals surface area contributed by atoms with E-state index in [-0.39, 0.29) is 29.0 Å². The first-order valence-electron chi connectivity index (χ1n) is 10.7. The van der Waals surface area contributed by atoms with E-state index in [1.165, 1.54) is 10.7 Å². The van der Waals surface area contributed by atoms with E-state index in [4.69, 9.17) is 10.5 Å². The Labute approximate surface area is 190 Å². The first kappa shape index (κ1) is 22.1. The number of nitrogens with zero attached hydrogens (tertiary/aromatic N) is 4. The molecule has 0 aliphatic carbocycles. The van der Waals surface area contributed by atoms with Crippen LogP contribution in [0.5, 0.6) is 11.5 Å². The topological polar surface area (TPSA) is 128 Å². The molecule has 0 spiro atoms. The number of rotatable bonds is 7. The number of hydrogen-bond donors (Lipinski definition) is 3. The molecule has 9 nitrogen and oxygen atoms in total. The molecule has 4 rings (SSSR count). The molecule has 1 amide bonds. The summed E-state index contributed by atoms with van der Waals surface area (Å²) in [5, 5.41) is 17.3. The molecule has 0 saturated carbocycles. The molecule has 9 heteroatoms. The molecule has 2 aromatic carbocycles. The van der Waals surface area contributed by atoms with Crippen molar-refractivity contribution < 1.29 is 14.6 Å². The van der Waals surface area contributed by atoms with Gasteiger partial charge in [0, 0.05) is 6.54 Å². The number of nitrogens with two attached hydrogens (primary N) is 1. The Morgan fingerprint density at radius 3 is 2.67 bits per heavy atom. The third-order valence-corrected chi connectivity index (χ3v) is 4.98. The Hall–Kier alpha value is -4.14. The van der Waals surface area contributed by atoms with Crippen molar-refractivity contribution in [2.24, 2.45) is 11.0 Å². The van der Waals surface area contributed by atoms with Gasteiger partial charge in [0.2, 0.25) is 0 Å². The summed E-state index contributed by atoms with van der Waals surface area (Å²) in [4.78, 5) is 22.3. The van der Waals surface area contributed by atoms with Gasteiger partial charge in [-0.2, -0.15) is 9.78 Å². The second-order valence-electron chi connectivity index (χ2n) is 7.97. The summed E-state index contributed by atoms with van der Waals surface area (Å²) in [6, 6.07) is 12.3. The van der Waals surface area contributed by atoms with Crippen molar-refractivity contribution >= 4 is 40.1 Å². The molecular formula is C24H26N6O3. The molecule has 2 heterocycles. The number of nitrogens with one attached hydrogen (secondary N) is 1. The Morgan fingerprint density at radius 2 is 1.97 bits per heavy atom. The summed E-state index contributed by atoms with van der Waals surface area (Å²) < 4.78 is 6.84. The summed E-state index contributed by atoms with van der Waals surface area (Å²) in [5.41, 5.74) is 9.39. The number of phenolic OH excluding ortho intramolecular Hbond substituents is 1. The van der Waals surface area contributed by atoms with Crippen LogP contribution in [-0.4, -0.2) is 45.0 Å². The van der Waals surface area contributed by atoms with Crippen molar-refractivity contribution in [2.45, 2.75) is 20.8 Å². The second kappa shape index (κ2) is 9.15. The average molecular weight is 447 g/mol. The quantitative estimate of drug-likeness (QED) is 0.373. The van der Waals surface area contributed by atoms with Crippen LogP contribution in [-0.2, 0) is 0 Å². The molecule has 0 aliphatic rings. The molecule has 170 valence electrons. The van der Waals surface area contributed by atoms with Gasteiger partial charge in [0.05, 0.1) is 23.9 Å². The molecule has 0 aliphatic heterocycles. The number of ether oxygens (including phenoxy) is 1. The minimum Gasteiger partial charge on any atom is -0.504 e. The molecule has 0 saturated heterocycles. The second-order valence-corrected chi connectivity index (χ2v) is 7.97. The maximum Gasteiger partial charge on any atom is 0.257 e.